The molecule has 0 radical (unpaired) electrons. The topological polar surface area (TPSA) is 36.3 Å². The summed E-state index contributed by atoms with van der Waals surface area (Å²) in [6.07, 6.45) is 9.38. The molecule has 0 fully saturated rings. The minimum absolute atomic E-state index is 0.212. The molecule has 3 aromatic rings. The Morgan fingerprint density at radius 3 is 2.62 bits per heavy atom. The van der Waals surface area contributed by atoms with Gasteiger partial charge in [-0.05, 0) is 67.1 Å². The number of hydrogen-bond acceptors (Lipinski definition) is 3. The first kappa shape index (κ1) is 22.3. The first-order chi connectivity index (χ1) is 15.4. The molecule has 0 bridgehead atoms. The van der Waals surface area contributed by atoms with Crippen molar-refractivity contribution < 1.29 is 9.47 Å². The normalized spacial score (nSPS) is 13.4. The molecule has 1 aliphatic rings. The van der Waals surface area contributed by atoms with Crippen LogP contribution in [0, 0.1) is 0 Å². The SMILES string of the molecule is C=C(Cl)\C=C/C=C/C(C)=C/c1cc(-c2ccc3c(c2)OCO3)n(-c2cc(Cl)ccc2Cl)n1. The van der Waals surface area contributed by atoms with Crippen molar-refractivity contribution in [2.75, 3.05) is 6.79 Å². The summed E-state index contributed by atoms with van der Waals surface area (Å²) in [6, 6.07) is 13.1. The highest BCUT2D eigenvalue weighted by molar-refractivity contribution is 6.34. The third-order valence-corrected chi connectivity index (χ3v) is 5.34. The Bertz CT molecular complexity index is 1270. The van der Waals surface area contributed by atoms with Gasteiger partial charge in [-0.1, -0.05) is 59.6 Å². The molecular formula is C25H19Cl3N2O2. The summed E-state index contributed by atoms with van der Waals surface area (Å²) in [7, 11) is 0. The number of ether oxygens (including phenoxy) is 2. The molecule has 0 spiro atoms. The first-order valence-corrected chi connectivity index (χ1v) is 10.9. The van der Waals surface area contributed by atoms with E-state index in [2.05, 4.69) is 6.58 Å². The summed E-state index contributed by atoms with van der Waals surface area (Å²) in [4.78, 5) is 0. The second-order valence-corrected chi connectivity index (χ2v) is 8.41. The van der Waals surface area contributed by atoms with E-state index >= 15 is 0 Å². The van der Waals surface area contributed by atoms with Gasteiger partial charge in [-0.25, -0.2) is 4.68 Å². The Hall–Kier alpha value is -2.92. The number of rotatable bonds is 6. The Morgan fingerprint density at radius 1 is 1.03 bits per heavy atom. The van der Waals surface area contributed by atoms with Gasteiger partial charge in [-0.15, -0.1) is 0 Å². The van der Waals surface area contributed by atoms with Crippen LogP contribution in [-0.4, -0.2) is 16.6 Å². The van der Waals surface area contributed by atoms with E-state index in [1.165, 1.54) is 0 Å². The maximum Gasteiger partial charge on any atom is 0.231 e. The monoisotopic (exact) mass is 484 g/mol. The molecule has 2 heterocycles. The average Bonchev–Trinajstić information content (AvgIpc) is 3.39. The van der Waals surface area contributed by atoms with Crippen molar-refractivity contribution in [2.24, 2.45) is 0 Å². The van der Waals surface area contributed by atoms with Crippen molar-refractivity contribution in [3.8, 4) is 28.4 Å². The van der Waals surface area contributed by atoms with Gasteiger partial charge in [-0.3, -0.25) is 0 Å². The standard InChI is InChI=1S/C25H19Cl3N2O2/c1-16(5-3-4-6-17(2)26)11-20-14-22(18-7-10-24-25(12-18)32-15-31-24)30(29-20)23-13-19(27)8-9-21(23)28/h3-14H,2,15H2,1H3/b5-3+,6-4-,16-11+. The lowest BCUT2D eigenvalue weighted by atomic mass is 10.1. The van der Waals surface area contributed by atoms with Crippen molar-refractivity contribution in [3.05, 3.63) is 99.7 Å². The fourth-order valence-corrected chi connectivity index (χ4v) is 3.65. The highest BCUT2D eigenvalue weighted by Gasteiger charge is 2.18. The van der Waals surface area contributed by atoms with Crippen LogP contribution in [0.25, 0.3) is 23.0 Å². The molecular weight excluding hydrogens is 467 g/mol. The number of benzene rings is 2. The molecule has 7 heteroatoms. The molecule has 0 unspecified atom stereocenters. The number of halogens is 3. The van der Waals surface area contributed by atoms with Gasteiger partial charge in [-0.2, -0.15) is 5.10 Å². The molecule has 162 valence electrons. The van der Waals surface area contributed by atoms with E-state index in [9.17, 15) is 0 Å². The maximum atomic E-state index is 6.49. The van der Waals surface area contributed by atoms with Gasteiger partial charge in [0.2, 0.25) is 6.79 Å². The second-order valence-electron chi connectivity index (χ2n) is 7.08. The van der Waals surface area contributed by atoms with Gasteiger partial charge in [0.15, 0.2) is 11.5 Å². The third-order valence-electron chi connectivity index (χ3n) is 4.66. The Kier molecular flexibility index (Phi) is 6.75. The predicted molar refractivity (Wildman–Crippen MR) is 132 cm³/mol. The molecule has 1 aliphatic heterocycles. The lowest BCUT2D eigenvalue weighted by Crippen LogP contribution is -2.00. The highest BCUT2D eigenvalue weighted by Crippen LogP contribution is 2.37. The number of allylic oxidation sites excluding steroid dienone is 6. The molecule has 0 saturated carbocycles. The molecule has 1 aromatic heterocycles. The quantitative estimate of drug-likeness (QED) is 0.334. The predicted octanol–water partition coefficient (Wildman–Crippen LogP) is 7.84. The first-order valence-electron chi connectivity index (χ1n) is 9.74. The lowest BCUT2D eigenvalue weighted by molar-refractivity contribution is 0.174. The molecule has 0 amide bonds. The van der Waals surface area contributed by atoms with Crippen molar-refractivity contribution in [1.29, 1.82) is 0 Å². The zero-order valence-corrected chi connectivity index (χ0v) is 19.5. The van der Waals surface area contributed by atoms with Crippen LogP contribution in [0.5, 0.6) is 11.5 Å². The summed E-state index contributed by atoms with van der Waals surface area (Å²) in [6.45, 7) is 5.83. The van der Waals surface area contributed by atoms with Crippen molar-refractivity contribution in [2.45, 2.75) is 6.92 Å². The second kappa shape index (κ2) is 9.70. The lowest BCUT2D eigenvalue weighted by Gasteiger charge is -2.10. The van der Waals surface area contributed by atoms with Gasteiger partial charge in [0, 0.05) is 15.6 Å². The fraction of sp³-hybridized carbons (Fsp3) is 0.0800. The maximum absolute atomic E-state index is 6.49. The van der Waals surface area contributed by atoms with Crippen LogP contribution in [-0.2, 0) is 0 Å². The van der Waals surface area contributed by atoms with Gasteiger partial charge in [0.1, 0.15) is 0 Å². The summed E-state index contributed by atoms with van der Waals surface area (Å²) in [5.74, 6) is 1.41. The van der Waals surface area contributed by atoms with Gasteiger partial charge < -0.3 is 9.47 Å². The molecule has 0 saturated heterocycles. The van der Waals surface area contributed by atoms with Crippen LogP contribution >= 0.6 is 34.8 Å². The molecule has 0 atom stereocenters. The zero-order valence-electron chi connectivity index (χ0n) is 17.2. The smallest absolute Gasteiger partial charge is 0.231 e. The van der Waals surface area contributed by atoms with Crippen molar-refractivity contribution in [1.82, 2.24) is 9.78 Å². The largest absolute Gasteiger partial charge is 0.454 e. The van der Waals surface area contributed by atoms with E-state index in [0.717, 1.165) is 28.3 Å². The van der Waals surface area contributed by atoms with Crippen LogP contribution in [0.1, 0.15) is 12.6 Å². The van der Waals surface area contributed by atoms with Gasteiger partial charge in [0.25, 0.3) is 0 Å². The molecule has 2 aromatic carbocycles. The minimum atomic E-state index is 0.212. The Balaban J connectivity index is 1.78. The van der Waals surface area contributed by atoms with E-state index in [4.69, 9.17) is 49.4 Å². The summed E-state index contributed by atoms with van der Waals surface area (Å²) in [5.41, 5.74) is 4.21. The highest BCUT2D eigenvalue weighted by atomic mass is 35.5. The third kappa shape index (κ3) is 5.10. The van der Waals surface area contributed by atoms with Crippen molar-refractivity contribution in [3.63, 3.8) is 0 Å². The molecule has 4 rings (SSSR count). The van der Waals surface area contributed by atoms with Crippen molar-refractivity contribution >= 4 is 40.9 Å². The average molecular weight is 486 g/mol. The summed E-state index contributed by atoms with van der Waals surface area (Å²) in [5, 5.41) is 6.37. The number of aromatic nitrogens is 2. The molecule has 32 heavy (non-hydrogen) atoms. The number of hydrogen-bond donors (Lipinski definition) is 0. The van der Waals surface area contributed by atoms with E-state index in [-0.39, 0.29) is 6.79 Å². The van der Waals surface area contributed by atoms with Crippen LogP contribution in [0.3, 0.4) is 0 Å². The molecule has 0 aliphatic carbocycles. The molecule has 4 nitrogen and oxygen atoms in total. The van der Waals surface area contributed by atoms with Crippen LogP contribution < -0.4 is 9.47 Å². The van der Waals surface area contributed by atoms with Gasteiger partial charge in [0.05, 0.1) is 22.1 Å². The minimum Gasteiger partial charge on any atom is -0.454 e. The Labute approximate surface area is 201 Å². The fourth-order valence-electron chi connectivity index (χ4n) is 3.21. The van der Waals surface area contributed by atoms with Gasteiger partial charge >= 0.3 is 0 Å². The summed E-state index contributed by atoms with van der Waals surface area (Å²) >= 11 is 18.5. The van der Waals surface area contributed by atoms with E-state index in [0.29, 0.717) is 26.5 Å². The molecule has 0 N–H and O–H groups in total. The van der Waals surface area contributed by atoms with Crippen LogP contribution in [0.15, 0.2) is 84.0 Å². The van der Waals surface area contributed by atoms with E-state index in [1.807, 2.05) is 55.5 Å². The van der Waals surface area contributed by atoms with E-state index < -0.39 is 0 Å². The van der Waals surface area contributed by atoms with E-state index in [1.54, 1.807) is 29.0 Å². The Morgan fingerprint density at radius 2 is 1.81 bits per heavy atom. The summed E-state index contributed by atoms with van der Waals surface area (Å²) < 4.78 is 12.8. The zero-order chi connectivity index (χ0) is 22.7. The number of fused-ring (bicyclic) bond motifs is 1. The van der Waals surface area contributed by atoms with Crippen LogP contribution in [0.2, 0.25) is 10.0 Å². The number of nitrogens with zero attached hydrogens (tertiary/aromatic N) is 2. The van der Waals surface area contributed by atoms with Crippen LogP contribution in [0.4, 0.5) is 0 Å².